The van der Waals surface area contributed by atoms with Crippen molar-refractivity contribution in [2.45, 2.75) is 38.8 Å². The second-order valence-corrected chi connectivity index (χ2v) is 7.49. The molecule has 1 aromatic heterocycles. The van der Waals surface area contributed by atoms with E-state index in [1.54, 1.807) is 13.2 Å². The minimum atomic E-state index is -0.129. The van der Waals surface area contributed by atoms with E-state index in [0.29, 0.717) is 24.6 Å². The Kier molecular flexibility index (Phi) is 6.50. The van der Waals surface area contributed by atoms with Crippen molar-refractivity contribution in [3.63, 3.8) is 0 Å². The van der Waals surface area contributed by atoms with Crippen molar-refractivity contribution < 1.29 is 11.0 Å². The van der Waals surface area contributed by atoms with E-state index in [1.165, 1.54) is 5.01 Å². The molecule has 1 fully saturated rings. The first-order valence-corrected chi connectivity index (χ1v) is 9.78. The number of ether oxygens (including phenoxy) is 1. The van der Waals surface area contributed by atoms with Crippen LogP contribution in [-0.4, -0.2) is 59.0 Å². The fraction of sp³-hybridized carbons (Fsp3) is 0.450. The number of nitrogens with one attached hydrogen (secondary N) is 3. The molecule has 1 aliphatic rings. The van der Waals surface area contributed by atoms with Crippen LogP contribution in [0.25, 0.3) is 10.9 Å². The van der Waals surface area contributed by atoms with Crippen molar-refractivity contribution in [2.75, 3.05) is 20.1 Å². The second kappa shape index (κ2) is 9.06. The van der Waals surface area contributed by atoms with Crippen molar-refractivity contribution in [1.82, 2.24) is 25.7 Å². The molecule has 0 radical (unpaired) electrons. The fourth-order valence-corrected chi connectivity index (χ4v) is 3.35. The Morgan fingerprint density at radius 2 is 2.10 bits per heavy atom. The van der Waals surface area contributed by atoms with E-state index in [-0.39, 0.29) is 19.5 Å². The normalized spacial score (nSPS) is 14.9. The van der Waals surface area contributed by atoms with Gasteiger partial charge >= 0.3 is 0 Å². The maximum Gasteiger partial charge on any atom is 0.253 e. The standard InChI is InChI=1S/C20H29N7O2.H2/c1-13(2)29-17-5-4-14-10-15(12-23-18(14)11-17)19(28)24-16-6-8-27(9-7-16)20(21)26(3)25-22;/h4-5,10-13,16,21,25H,6-9,22H2,1-3H3,(H,24,28);1H. The van der Waals surface area contributed by atoms with E-state index < -0.39 is 0 Å². The Labute approximate surface area is 172 Å². The number of aromatic nitrogens is 1. The van der Waals surface area contributed by atoms with Gasteiger partial charge < -0.3 is 15.0 Å². The van der Waals surface area contributed by atoms with Gasteiger partial charge in [-0.15, -0.1) is 0 Å². The van der Waals surface area contributed by atoms with Gasteiger partial charge in [0.1, 0.15) is 5.75 Å². The van der Waals surface area contributed by atoms with Crippen LogP contribution in [-0.2, 0) is 0 Å². The molecule has 0 spiro atoms. The van der Waals surface area contributed by atoms with Gasteiger partial charge in [0.05, 0.1) is 17.2 Å². The predicted octanol–water partition coefficient (Wildman–Crippen LogP) is 1.71. The molecule has 0 aliphatic carbocycles. The predicted molar refractivity (Wildman–Crippen MR) is 114 cm³/mol. The SMILES string of the molecule is CC(C)Oc1ccc2cc(C(=O)NC3CCN(C(=N)N(C)NN)CC3)cnc2c1.[HH]. The molecule has 1 aliphatic heterocycles. The van der Waals surface area contributed by atoms with Crippen LogP contribution in [0.15, 0.2) is 30.5 Å². The molecule has 0 atom stereocenters. The van der Waals surface area contributed by atoms with Gasteiger partial charge in [0.25, 0.3) is 5.91 Å². The summed E-state index contributed by atoms with van der Waals surface area (Å²) in [7, 11) is 1.70. The lowest BCUT2D eigenvalue weighted by Crippen LogP contribution is -2.54. The van der Waals surface area contributed by atoms with Crippen molar-refractivity contribution in [2.24, 2.45) is 5.84 Å². The Balaban J connectivity index is 0.00000320. The maximum atomic E-state index is 12.7. The van der Waals surface area contributed by atoms with Gasteiger partial charge in [-0.3, -0.25) is 26.0 Å². The molecule has 1 amide bonds. The number of pyridine rings is 1. The lowest BCUT2D eigenvalue weighted by Gasteiger charge is -2.36. The monoisotopic (exact) mass is 401 g/mol. The van der Waals surface area contributed by atoms with Crippen LogP contribution >= 0.6 is 0 Å². The van der Waals surface area contributed by atoms with Crippen molar-refractivity contribution in [3.8, 4) is 5.75 Å². The smallest absolute Gasteiger partial charge is 0.253 e. The zero-order valence-corrected chi connectivity index (χ0v) is 17.1. The molecule has 1 aromatic carbocycles. The maximum absolute atomic E-state index is 12.7. The van der Waals surface area contributed by atoms with Crippen LogP contribution in [0.4, 0.5) is 0 Å². The highest BCUT2D eigenvalue weighted by molar-refractivity contribution is 5.97. The Bertz CT molecular complexity index is 885. The van der Waals surface area contributed by atoms with E-state index in [9.17, 15) is 4.79 Å². The Hall–Kier alpha value is -2.91. The van der Waals surface area contributed by atoms with Gasteiger partial charge in [-0.05, 0) is 44.9 Å². The summed E-state index contributed by atoms with van der Waals surface area (Å²) in [4.78, 5) is 19.0. The number of hydrogen-bond acceptors (Lipinski definition) is 6. The molecular weight excluding hydrogens is 370 g/mol. The van der Waals surface area contributed by atoms with Gasteiger partial charge in [-0.2, -0.15) is 5.53 Å². The quantitative estimate of drug-likeness (QED) is 0.261. The van der Waals surface area contributed by atoms with Crippen LogP contribution < -0.4 is 21.4 Å². The number of hydrogen-bond donors (Lipinski definition) is 4. The number of nitrogens with two attached hydrogens (primary N) is 1. The molecule has 0 unspecified atom stereocenters. The van der Waals surface area contributed by atoms with Crippen LogP contribution in [0.5, 0.6) is 5.75 Å². The third kappa shape index (κ3) is 5.12. The van der Waals surface area contributed by atoms with Crippen LogP contribution in [0.3, 0.4) is 0 Å². The summed E-state index contributed by atoms with van der Waals surface area (Å²) in [5, 5.41) is 13.5. The largest absolute Gasteiger partial charge is 0.491 e. The zero-order valence-electron chi connectivity index (χ0n) is 17.1. The molecule has 0 bridgehead atoms. The molecule has 3 rings (SSSR count). The molecule has 0 saturated carbocycles. The van der Waals surface area contributed by atoms with E-state index in [4.69, 9.17) is 16.0 Å². The number of guanidine groups is 1. The average Bonchev–Trinajstić information content (AvgIpc) is 2.72. The molecule has 9 heteroatoms. The first kappa shape index (κ1) is 20.8. The second-order valence-electron chi connectivity index (χ2n) is 7.49. The summed E-state index contributed by atoms with van der Waals surface area (Å²) < 4.78 is 5.70. The Morgan fingerprint density at radius 1 is 1.38 bits per heavy atom. The van der Waals surface area contributed by atoms with Crippen molar-refractivity contribution in [3.05, 3.63) is 36.0 Å². The number of amides is 1. The number of hydrazine groups is 2. The molecule has 29 heavy (non-hydrogen) atoms. The highest BCUT2D eigenvalue weighted by atomic mass is 16.5. The summed E-state index contributed by atoms with van der Waals surface area (Å²) >= 11 is 0. The lowest BCUT2D eigenvalue weighted by molar-refractivity contribution is 0.0920. The first-order valence-electron chi connectivity index (χ1n) is 9.78. The number of rotatable bonds is 5. The van der Waals surface area contributed by atoms with Gasteiger partial charge in [-0.25, -0.2) is 0 Å². The number of carbonyl (C=O) groups excluding carboxylic acids is 1. The number of likely N-dealkylation sites (tertiary alicyclic amines) is 1. The summed E-state index contributed by atoms with van der Waals surface area (Å²) in [5.41, 5.74) is 3.77. The molecule has 1 saturated heterocycles. The topological polar surface area (TPSA) is 120 Å². The van der Waals surface area contributed by atoms with Crippen LogP contribution in [0.2, 0.25) is 0 Å². The minimum absolute atomic E-state index is 0. The number of piperidine rings is 1. The highest BCUT2D eigenvalue weighted by Gasteiger charge is 2.24. The molecule has 2 aromatic rings. The first-order chi connectivity index (χ1) is 13.9. The minimum Gasteiger partial charge on any atom is -0.491 e. The fourth-order valence-electron chi connectivity index (χ4n) is 3.35. The van der Waals surface area contributed by atoms with Crippen molar-refractivity contribution >= 4 is 22.8 Å². The highest BCUT2D eigenvalue weighted by Crippen LogP contribution is 2.21. The summed E-state index contributed by atoms with van der Waals surface area (Å²) in [5.74, 6) is 6.30. The van der Waals surface area contributed by atoms with Crippen LogP contribution in [0, 0.1) is 5.41 Å². The third-order valence-electron chi connectivity index (χ3n) is 4.93. The third-order valence-corrected chi connectivity index (χ3v) is 4.93. The van der Waals surface area contributed by atoms with E-state index in [1.807, 2.05) is 43.0 Å². The number of fused-ring (bicyclic) bond motifs is 1. The zero-order chi connectivity index (χ0) is 21.0. The molecule has 5 N–H and O–H groups in total. The molecular formula is C20H31N7O2. The van der Waals surface area contributed by atoms with Gasteiger partial charge in [0, 0.05) is 45.3 Å². The van der Waals surface area contributed by atoms with Crippen molar-refractivity contribution in [1.29, 1.82) is 5.41 Å². The van der Waals surface area contributed by atoms with Gasteiger partial charge in [0.2, 0.25) is 5.96 Å². The average molecular weight is 402 g/mol. The summed E-state index contributed by atoms with van der Waals surface area (Å²) in [6.45, 7) is 5.33. The van der Waals surface area contributed by atoms with E-state index in [2.05, 4.69) is 15.8 Å². The molecule has 2 heterocycles. The van der Waals surface area contributed by atoms with E-state index in [0.717, 1.165) is 29.5 Å². The lowest BCUT2D eigenvalue weighted by atomic mass is 10.0. The number of nitrogens with zero attached hydrogens (tertiary/aromatic N) is 3. The number of benzene rings is 1. The number of carbonyl (C=O) groups is 1. The molecule has 9 nitrogen and oxygen atoms in total. The molecule has 158 valence electrons. The summed E-state index contributed by atoms with van der Waals surface area (Å²) in [6.07, 6.45) is 3.23. The Morgan fingerprint density at radius 3 is 2.76 bits per heavy atom. The van der Waals surface area contributed by atoms with Crippen LogP contribution in [0.1, 0.15) is 38.5 Å². The van der Waals surface area contributed by atoms with Gasteiger partial charge in [0.15, 0.2) is 0 Å². The van der Waals surface area contributed by atoms with Gasteiger partial charge in [-0.1, -0.05) is 0 Å². The summed E-state index contributed by atoms with van der Waals surface area (Å²) in [6, 6.07) is 7.62. The van der Waals surface area contributed by atoms with E-state index >= 15 is 0 Å².